The Morgan fingerprint density at radius 1 is 1.41 bits per heavy atom. The molecule has 0 radical (unpaired) electrons. The molecule has 17 heavy (non-hydrogen) atoms. The molecule has 0 aliphatic heterocycles. The van der Waals surface area contributed by atoms with E-state index in [9.17, 15) is 0 Å². The standard InChI is InChI=1S/C13H14BrNOS/c1-9(16-2)7-13-15-12(8-17-13)10-5-3-4-6-11(10)14/h3-6,8-9H,7H2,1-2H3. The second-order valence-corrected chi connectivity index (χ2v) is 5.65. The molecule has 2 aromatic rings. The number of thiazole rings is 1. The Balaban J connectivity index is 2.21. The zero-order valence-corrected chi connectivity index (χ0v) is 12.2. The van der Waals surface area contributed by atoms with Gasteiger partial charge in [-0.2, -0.15) is 0 Å². The summed E-state index contributed by atoms with van der Waals surface area (Å²) in [6.45, 7) is 2.06. The highest BCUT2D eigenvalue weighted by molar-refractivity contribution is 9.10. The van der Waals surface area contributed by atoms with Gasteiger partial charge >= 0.3 is 0 Å². The number of benzene rings is 1. The predicted molar refractivity (Wildman–Crippen MR) is 75.4 cm³/mol. The van der Waals surface area contributed by atoms with Crippen LogP contribution in [0.4, 0.5) is 0 Å². The fourth-order valence-corrected chi connectivity index (χ4v) is 2.92. The SMILES string of the molecule is COC(C)Cc1nc(-c2ccccc2Br)cs1. The molecule has 0 spiro atoms. The summed E-state index contributed by atoms with van der Waals surface area (Å²) in [6, 6.07) is 8.14. The lowest BCUT2D eigenvalue weighted by atomic mass is 10.2. The third-order valence-electron chi connectivity index (χ3n) is 2.57. The first-order valence-corrected chi connectivity index (χ1v) is 7.10. The Labute approximate surface area is 114 Å². The van der Waals surface area contributed by atoms with Gasteiger partial charge in [0.2, 0.25) is 0 Å². The van der Waals surface area contributed by atoms with Crippen LogP contribution >= 0.6 is 27.3 Å². The Morgan fingerprint density at radius 2 is 2.18 bits per heavy atom. The average Bonchev–Trinajstić information content (AvgIpc) is 2.78. The first kappa shape index (κ1) is 12.7. The number of aromatic nitrogens is 1. The Kier molecular flexibility index (Phi) is 4.31. The highest BCUT2D eigenvalue weighted by atomic mass is 79.9. The fourth-order valence-electron chi connectivity index (χ4n) is 1.53. The summed E-state index contributed by atoms with van der Waals surface area (Å²) in [7, 11) is 1.73. The number of halogens is 1. The van der Waals surface area contributed by atoms with Gasteiger partial charge in [-0.25, -0.2) is 4.98 Å². The van der Waals surface area contributed by atoms with Gasteiger partial charge in [0.25, 0.3) is 0 Å². The molecule has 1 aromatic heterocycles. The van der Waals surface area contributed by atoms with Crippen LogP contribution in [0.1, 0.15) is 11.9 Å². The zero-order chi connectivity index (χ0) is 12.3. The van der Waals surface area contributed by atoms with Crippen molar-refractivity contribution in [3.8, 4) is 11.3 Å². The molecule has 2 rings (SSSR count). The van der Waals surface area contributed by atoms with E-state index in [0.29, 0.717) is 0 Å². The molecule has 0 saturated heterocycles. The molecular formula is C13H14BrNOS. The summed E-state index contributed by atoms with van der Waals surface area (Å²) < 4.78 is 6.33. The van der Waals surface area contributed by atoms with Crippen LogP contribution in [0.3, 0.4) is 0 Å². The van der Waals surface area contributed by atoms with E-state index in [4.69, 9.17) is 4.74 Å². The Hall–Kier alpha value is -0.710. The normalized spacial score (nSPS) is 12.6. The molecule has 90 valence electrons. The Morgan fingerprint density at radius 3 is 2.88 bits per heavy atom. The maximum absolute atomic E-state index is 5.25. The van der Waals surface area contributed by atoms with Crippen molar-refractivity contribution in [1.29, 1.82) is 0 Å². The van der Waals surface area contributed by atoms with Gasteiger partial charge in [0, 0.05) is 28.9 Å². The van der Waals surface area contributed by atoms with Crippen LogP contribution in [0.2, 0.25) is 0 Å². The average molecular weight is 312 g/mol. The van der Waals surface area contributed by atoms with E-state index < -0.39 is 0 Å². The predicted octanol–water partition coefficient (Wildman–Crippen LogP) is 4.15. The summed E-state index contributed by atoms with van der Waals surface area (Å²) in [5.74, 6) is 0. The van der Waals surface area contributed by atoms with Crippen LogP contribution < -0.4 is 0 Å². The van der Waals surface area contributed by atoms with E-state index in [2.05, 4.69) is 39.3 Å². The van der Waals surface area contributed by atoms with E-state index in [1.54, 1.807) is 18.4 Å². The third-order valence-corrected chi connectivity index (χ3v) is 4.13. The molecule has 0 aliphatic rings. The molecular weight excluding hydrogens is 298 g/mol. The fraction of sp³-hybridized carbons (Fsp3) is 0.308. The summed E-state index contributed by atoms with van der Waals surface area (Å²) in [5, 5.41) is 3.21. The first-order chi connectivity index (χ1) is 8.20. The maximum Gasteiger partial charge on any atom is 0.0958 e. The van der Waals surface area contributed by atoms with Crippen LogP contribution in [0.15, 0.2) is 34.1 Å². The smallest absolute Gasteiger partial charge is 0.0958 e. The van der Waals surface area contributed by atoms with Crippen LogP contribution in [-0.2, 0) is 11.2 Å². The van der Waals surface area contributed by atoms with E-state index in [1.165, 1.54) is 0 Å². The molecule has 2 nitrogen and oxygen atoms in total. The molecule has 1 atom stereocenters. The van der Waals surface area contributed by atoms with E-state index in [1.807, 2.05) is 18.2 Å². The van der Waals surface area contributed by atoms with E-state index >= 15 is 0 Å². The topological polar surface area (TPSA) is 22.1 Å². The van der Waals surface area contributed by atoms with Gasteiger partial charge in [-0.3, -0.25) is 0 Å². The minimum absolute atomic E-state index is 0.216. The highest BCUT2D eigenvalue weighted by Crippen LogP contribution is 2.29. The van der Waals surface area contributed by atoms with Crippen molar-refractivity contribution in [3.63, 3.8) is 0 Å². The molecule has 0 aliphatic carbocycles. The molecule has 0 saturated carbocycles. The van der Waals surface area contributed by atoms with Crippen molar-refractivity contribution in [2.75, 3.05) is 7.11 Å². The Bertz CT molecular complexity index is 498. The van der Waals surface area contributed by atoms with Crippen LogP contribution in [0.5, 0.6) is 0 Å². The molecule has 1 aromatic carbocycles. The lowest BCUT2D eigenvalue weighted by Gasteiger charge is -2.05. The molecule has 0 bridgehead atoms. The quantitative estimate of drug-likeness (QED) is 0.846. The van der Waals surface area contributed by atoms with Gasteiger partial charge in [0.15, 0.2) is 0 Å². The van der Waals surface area contributed by atoms with Crippen molar-refractivity contribution in [2.24, 2.45) is 0 Å². The second kappa shape index (κ2) is 5.76. The highest BCUT2D eigenvalue weighted by Gasteiger charge is 2.09. The number of rotatable bonds is 4. The number of ether oxygens (including phenoxy) is 1. The van der Waals surface area contributed by atoms with Crippen molar-refractivity contribution in [2.45, 2.75) is 19.4 Å². The van der Waals surface area contributed by atoms with Gasteiger partial charge in [0.05, 0.1) is 16.8 Å². The van der Waals surface area contributed by atoms with Crippen molar-refractivity contribution in [3.05, 3.63) is 39.1 Å². The monoisotopic (exact) mass is 311 g/mol. The van der Waals surface area contributed by atoms with E-state index in [0.717, 1.165) is 27.2 Å². The first-order valence-electron chi connectivity index (χ1n) is 5.43. The van der Waals surface area contributed by atoms with E-state index in [-0.39, 0.29) is 6.10 Å². The summed E-state index contributed by atoms with van der Waals surface area (Å²) in [6.07, 6.45) is 1.08. The van der Waals surface area contributed by atoms with Crippen molar-refractivity contribution < 1.29 is 4.74 Å². The van der Waals surface area contributed by atoms with Gasteiger partial charge in [-0.05, 0) is 13.0 Å². The van der Waals surface area contributed by atoms with Crippen LogP contribution in [-0.4, -0.2) is 18.2 Å². The second-order valence-electron chi connectivity index (χ2n) is 3.86. The number of methoxy groups -OCH3 is 1. The van der Waals surface area contributed by atoms with Crippen LogP contribution in [0.25, 0.3) is 11.3 Å². The minimum atomic E-state index is 0.216. The lowest BCUT2D eigenvalue weighted by Crippen LogP contribution is -2.08. The molecule has 0 amide bonds. The summed E-state index contributed by atoms with van der Waals surface area (Å²) in [5.41, 5.74) is 2.17. The summed E-state index contributed by atoms with van der Waals surface area (Å²) in [4.78, 5) is 4.64. The molecule has 1 unspecified atom stereocenters. The number of hydrogen-bond acceptors (Lipinski definition) is 3. The molecule has 4 heteroatoms. The molecule has 0 N–H and O–H groups in total. The van der Waals surface area contributed by atoms with Crippen LogP contribution in [0, 0.1) is 0 Å². The summed E-state index contributed by atoms with van der Waals surface area (Å²) >= 11 is 5.23. The zero-order valence-electron chi connectivity index (χ0n) is 9.81. The van der Waals surface area contributed by atoms with Gasteiger partial charge in [-0.15, -0.1) is 11.3 Å². The largest absolute Gasteiger partial charge is 0.381 e. The van der Waals surface area contributed by atoms with Gasteiger partial charge < -0.3 is 4.74 Å². The number of hydrogen-bond donors (Lipinski definition) is 0. The third kappa shape index (κ3) is 3.15. The minimum Gasteiger partial charge on any atom is -0.381 e. The maximum atomic E-state index is 5.25. The van der Waals surface area contributed by atoms with Gasteiger partial charge in [-0.1, -0.05) is 34.1 Å². The number of nitrogens with zero attached hydrogens (tertiary/aromatic N) is 1. The molecule has 1 heterocycles. The molecule has 0 fully saturated rings. The van der Waals surface area contributed by atoms with Crippen molar-refractivity contribution >= 4 is 27.3 Å². The lowest BCUT2D eigenvalue weighted by molar-refractivity contribution is 0.119. The van der Waals surface area contributed by atoms with Crippen molar-refractivity contribution in [1.82, 2.24) is 4.98 Å². The van der Waals surface area contributed by atoms with Gasteiger partial charge in [0.1, 0.15) is 0 Å².